The normalized spacial score (nSPS) is 27.1. The summed E-state index contributed by atoms with van der Waals surface area (Å²) in [4.78, 5) is 10.4. The van der Waals surface area contributed by atoms with Crippen molar-refractivity contribution in [3.8, 4) is 0 Å². The lowest BCUT2D eigenvalue weighted by Crippen LogP contribution is -1.99. The van der Waals surface area contributed by atoms with Crippen LogP contribution in [0.15, 0.2) is 10.2 Å². The smallest absolute Gasteiger partial charge is 0.266 e. The molecule has 1 unspecified atom stereocenters. The van der Waals surface area contributed by atoms with Gasteiger partial charge in [-0.15, -0.1) is 5.11 Å². The van der Waals surface area contributed by atoms with Crippen LogP contribution in [-0.4, -0.2) is 11.9 Å². The molecule has 3 nitrogen and oxygen atoms in total. The van der Waals surface area contributed by atoms with Crippen molar-refractivity contribution in [2.24, 2.45) is 10.2 Å². The van der Waals surface area contributed by atoms with Gasteiger partial charge in [-0.3, -0.25) is 4.79 Å². The molecule has 8 heavy (non-hydrogen) atoms. The van der Waals surface area contributed by atoms with Gasteiger partial charge in [0.15, 0.2) is 0 Å². The Balaban J connectivity index is 2.46. The third-order valence-corrected chi connectivity index (χ3v) is 1.21. The first-order valence-electron chi connectivity index (χ1n) is 2.76. The van der Waals surface area contributed by atoms with Gasteiger partial charge in [0.2, 0.25) is 0 Å². The maximum Gasteiger partial charge on any atom is 0.266 e. The average Bonchev–Trinajstić information content (AvgIpc) is 2.14. The molecule has 0 N–H and O–H groups in total. The Kier molecular flexibility index (Phi) is 1.37. The predicted octanol–water partition coefficient (Wildman–Crippen LogP) is 1.15. The predicted molar refractivity (Wildman–Crippen MR) is 28.6 cm³/mol. The van der Waals surface area contributed by atoms with E-state index in [1.165, 1.54) is 0 Å². The molecule has 0 aromatic heterocycles. The van der Waals surface area contributed by atoms with Crippen molar-refractivity contribution in [3.05, 3.63) is 0 Å². The zero-order valence-corrected chi connectivity index (χ0v) is 4.79. The van der Waals surface area contributed by atoms with E-state index in [4.69, 9.17) is 0 Å². The van der Waals surface area contributed by atoms with E-state index < -0.39 is 0 Å². The van der Waals surface area contributed by atoms with E-state index in [9.17, 15) is 4.79 Å². The van der Waals surface area contributed by atoms with Crippen LogP contribution in [0.4, 0.5) is 0 Å². The van der Waals surface area contributed by atoms with Crippen molar-refractivity contribution in [2.75, 3.05) is 0 Å². The molecule has 0 spiro atoms. The first-order chi connectivity index (χ1) is 3.83. The van der Waals surface area contributed by atoms with E-state index in [0.717, 1.165) is 6.42 Å². The Morgan fingerprint density at radius 2 is 2.62 bits per heavy atom. The lowest BCUT2D eigenvalue weighted by Gasteiger charge is -1.92. The Morgan fingerprint density at radius 1 is 1.88 bits per heavy atom. The van der Waals surface area contributed by atoms with Gasteiger partial charge >= 0.3 is 0 Å². The molecule has 0 bridgehead atoms. The standard InChI is InChI=1S/C5H8N2O/c1-2-4-3-5(8)7-6-4/h4H,2-3H2,1H3. The molecule has 0 saturated heterocycles. The number of azo groups is 1. The second-order valence-electron chi connectivity index (χ2n) is 1.88. The second-order valence-corrected chi connectivity index (χ2v) is 1.88. The van der Waals surface area contributed by atoms with Gasteiger partial charge in [-0.25, -0.2) is 0 Å². The molecule has 3 heteroatoms. The molecule has 0 aromatic carbocycles. The monoisotopic (exact) mass is 112 g/mol. The molecule has 1 heterocycles. The highest BCUT2D eigenvalue weighted by molar-refractivity contribution is 5.78. The van der Waals surface area contributed by atoms with Crippen molar-refractivity contribution in [1.82, 2.24) is 0 Å². The molecule has 0 saturated carbocycles. The third-order valence-electron chi connectivity index (χ3n) is 1.21. The lowest BCUT2D eigenvalue weighted by atomic mass is 10.2. The third kappa shape index (κ3) is 0.911. The van der Waals surface area contributed by atoms with Gasteiger partial charge in [0.1, 0.15) is 0 Å². The summed E-state index contributed by atoms with van der Waals surface area (Å²) in [5.41, 5.74) is 0. The molecule has 0 radical (unpaired) electrons. The van der Waals surface area contributed by atoms with Crippen LogP contribution >= 0.6 is 0 Å². The topological polar surface area (TPSA) is 41.8 Å². The zero-order chi connectivity index (χ0) is 5.98. The summed E-state index contributed by atoms with van der Waals surface area (Å²) in [6.07, 6.45) is 1.45. The number of nitrogens with zero attached hydrogens (tertiary/aromatic N) is 2. The SMILES string of the molecule is CCC1CC(=O)N=N1. The minimum atomic E-state index is -0.0724. The highest BCUT2D eigenvalue weighted by Crippen LogP contribution is 2.11. The summed E-state index contributed by atoms with van der Waals surface area (Å²) in [6.45, 7) is 2.00. The molecule has 1 atom stereocenters. The maximum atomic E-state index is 10.4. The van der Waals surface area contributed by atoms with Crippen molar-refractivity contribution in [1.29, 1.82) is 0 Å². The van der Waals surface area contributed by atoms with Crippen LogP contribution in [0.2, 0.25) is 0 Å². The molecule has 1 aliphatic rings. The molecular formula is C5H8N2O. The van der Waals surface area contributed by atoms with Crippen LogP contribution in [-0.2, 0) is 4.79 Å². The van der Waals surface area contributed by atoms with Gasteiger partial charge < -0.3 is 0 Å². The van der Waals surface area contributed by atoms with Crippen LogP contribution in [0.5, 0.6) is 0 Å². The number of rotatable bonds is 1. The van der Waals surface area contributed by atoms with E-state index >= 15 is 0 Å². The minimum absolute atomic E-state index is 0.0724. The number of hydrogen-bond acceptors (Lipinski definition) is 2. The number of hydrogen-bond donors (Lipinski definition) is 0. The molecule has 1 amide bonds. The van der Waals surface area contributed by atoms with Gasteiger partial charge in [-0.05, 0) is 6.42 Å². The van der Waals surface area contributed by atoms with Gasteiger partial charge in [0, 0.05) is 0 Å². The van der Waals surface area contributed by atoms with Crippen LogP contribution in [0, 0.1) is 0 Å². The van der Waals surface area contributed by atoms with Gasteiger partial charge in [-0.2, -0.15) is 5.11 Å². The van der Waals surface area contributed by atoms with E-state index in [0.29, 0.717) is 6.42 Å². The molecule has 1 aliphatic heterocycles. The quantitative estimate of drug-likeness (QED) is 0.501. The van der Waals surface area contributed by atoms with E-state index in [1.54, 1.807) is 0 Å². The first kappa shape index (κ1) is 5.41. The summed E-state index contributed by atoms with van der Waals surface area (Å²) in [6, 6.07) is 0.183. The van der Waals surface area contributed by atoms with Crippen LogP contribution in [0.3, 0.4) is 0 Å². The van der Waals surface area contributed by atoms with Gasteiger partial charge in [-0.1, -0.05) is 6.92 Å². The van der Waals surface area contributed by atoms with E-state index in [2.05, 4.69) is 10.2 Å². The second kappa shape index (κ2) is 2.03. The van der Waals surface area contributed by atoms with Crippen LogP contribution in [0.1, 0.15) is 19.8 Å². The summed E-state index contributed by atoms with van der Waals surface area (Å²) < 4.78 is 0. The molecule has 0 aliphatic carbocycles. The lowest BCUT2D eigenvalue weighted by molar-refractivity contribution is -0.117. The Bertz CT molecular complexity index is 130. The number of carbonyl (C=O) groups excluding carboxylic acids is 1. The summed E-state index contributed by atoms with van der Waals surface area (Å²) >= 11 is 0. The van der Waals surface area contributed by atoms with Crippen LogP contribution in [0.25, 0.3) is 0 Å². The Morgan fingerprint density at radius 3 is 2.88 bits per heavy atom. The van der Waals surface area contributed by atoms with E-state index in [1.807, 2.05) is 6.92 Å². The fourth-order valence-electron chi connectivity index (χ4n) is 0.655. The van der Waals surface area contributed by atoms with Crippen molar-refractivity contribution in [3.63, 3.8) is 0 Å². The highest BCUT2D eigenvalue weighted by Gasteiger charge is 2.16. The summed E-state index contributed by atoms with van der Waals surface area (Å²) in [5, 5.41) is 7.09. The largest absolute Gasteiger partial charge is 0.271 e. The Hall–Kier alpha value is -0.730. The summed E-state index contributed by atoms with van der Waals surface area (Å²) in [7, 11) is 0. The first-order valence-corrected chi connectivity index (χ1v) is 2.76. The zero-order valence-electron chi connectivity index (χ0n) is 4.79. The minimum Gasteiger partial charge on any atom is -0.271 e. The summed E-state index contributed by atoms with van der Waals surface area (Å²) in [5.74, 6) is -0.0724. The van der Waals surface area contributed by atoms with Gasteiger partial charge in [0.25, 0.3) is 5.91 Å². The van der Waals surface area contributed by atoms with Crippen molar-refractivity contribution < 1.29 is 4.79 Å². The average molecular weight is 112 g/mol. The van der Waals surface area contributed by atoms with Crippen LogP contribution < -0.4 is 0 Å². The number of amides is 1. The maximum absolute atomic E-state index is 10.4. The molecule has 1 rings (SSSR count). The Labute approximate surface area is 47.8 Å². The van der Waals surface area contributed by atoms with Gasteiger partial charge in [0.05, 0.1) is 12.5 Å². The van der Waals surface area contributed by atoms with Crippen molar-refractivity contribution >= 4 is 5.91 Å². The molecule has 0 fully saturated rings. The molecular weight excluding hydrogens is 104 g/mol. The van der Waals surface area contributed by atoms with E-state index in [-0.39, 0.29) is 11.9 Å². The molecule has 0 aromatic rings. The fraction of sp³-hybridized carbons (Fsp3) is 0.800. The molecule has 44 valence electrons. The highest BCUT2D eigenvalue weighted by atomic mass is 16.2. The fourth-order valence-corrected chi connectivity index (χ4v) is 0.655. The van der Waals surface area contributed by atoms with Crippen molar-refractivity contribution in [2.45, 2.75) is 25.8 Å². The number of carbonyl (C=O) groups is 1.